The molecule has 1 aliphatic carbocycles. The topological polar surface area (TPSA) is 72.9 Å². The molecule has 0 radical (unpaired) electrons. The van der Waals surface area contributed by atoms with Crippen molar-refractivity contribution in [3.05, 3.63) is 41.7 Å². The van der Waals surface area contributed by atoms with Gasteiger partial charge in [-0.05, 0) is 43.4 Å². The van der Waals surface area contributed by atoms with E-state index in [1.807, 2.05) is 26.0 Å². The summed E-state index contributed by atoms with van der Waals surface area (Å²) in [6.45, 7) is 3.62. The number of ether oxygens (including phenoxy) is 2. The van der Waals surface area contributed by atoms with Crippen molar-refractivity contribution in [3.8, 4) is 5.75 Å². The van der Waals surface area contributed by atoms with Crippen molar-refractivity contribution in [1.29, 1.82) is 0 Å². The third-order valence-electron chi connectivity index (χ3n) is 5.43. The Morgan fingerprint density at radius 3 is 2.34 bits per heavy atom. The molecular formula is C22H26FNO5. The molecule has 3 rings (SSSR count). The van der Waals surface area contributed by atoms with Crippen molar-refractivity contribution < 1.29 is 28.2 Å². The van der Waals surface area contributed by atoms with Gasteiger partial charge in [0.05, 0.1) is 18.9 Å². The Balaban J connectivity index is 1.78. The molecule has 0 N–H and O–H groups in total. The van der Waals surface area contributed by atoms with Gasteiger partial charge in [-0.1, -0.05) is 26.0 Å². The first-order valence-corrected chi connectivity index (χ1v) is 9.84. The first-order chi connectivity index (χ1) is 13.8. The zero-order valence-corrected chi connectivity index (χ0v) is 16.9. The maximum absolute atomic E-state index is 13.6. The standard InChI is InChI=1S/C22H26FNO5/c1-13(2)10-18(24-20(25)16-6-4-5-7-17(16)21(24)26)22(27)29-12-14-11-15(23)8-9-19(14)28-3/h4-5,8-9,11,13,16-18H,6-7,10,12H2,1-3H3/t16-,17-,18+/m0/s1. The molecule has 0 saturated carbocycles. The largest absolute Gasteiger partial charge is 0.496 e. The Bertz CT molecular complexity index is 808. The second-order valence-electron chi connectivity index (χ2n) is 7.91. The van der Waals surface area contributed by atoms with Gasteiger partial charge in [-0.25, -0.2) is 9.18 Å². The molecule has 3 atom stereocenters. The van der Waals surface area contributed by atoms with E-state index in [1.54, 1.807) is 0 Å². The van der Waals surface area contributed by atoms with E-state index in [9.17, 15) is 18.8 Å². The molecule has 0 bridgehead atoms. The van der Waals surface area contributed by atoms with Crippen LogP contribution in [0.2, 0.25) is 0 Å². The number of imide groups is 1. The van der Waals surface area contributed by atoms with E-state index >= 15 is 0 Å². The number of amides is 2. The summed E-state index contributed by atoms with van der Waals surface area (Å²) in [5.74, 6) is -2.11. The number of carbonyl (C=O) groups is 3. The SMILES string of the molecule is COc1ccc(F)cc1COC(=O)[C@@H](CC(C)C)N1C(=O)[C@H]2CC=CC[C@@H]2C1=O. The highest BCUT2D eigenvalue weighted by Gasteiger charge is 2.51. The van der Waals surface area contributed by atoms with Gasteiger partial charge in [-0.15, -0.1) is 0 Å². The summed E-state index contributed by atoms with van der Waals surface area (Å²) in [5.41, 5.74) is 0.376. The number of esters is 1. The summed E-state index contributed by atoms with van der Waals surface area (Å²) < 4.78 is 24.1. The van der Waals surface area contributed by atoms with Gasteiger partial charge >= 0.3 is 5.97 Å². The van der Waals surface area contributed by atoms with Crippen LogP contribution in [0.3, 0.4) is 0 Å². The molecule has 0 aromatic heterocycles. The number of fused-ring (bicyclic) bond motifs is 1. The normalized spacial score (nSPS) is 22.0. The lowest BCUT2D eigenvalue weighted by Gasteiger charge is -2.26. The lowest BCUT2D eigenvalue weighted by molar-refractivity contribution is -0.160. The smallest absolute Gasteiger partial charge is 0.329 e. The van der Waals surface area contributed by atoms with Crippen molar-refractivity contribution >= 4 is 17.8 Å². The van der Waals surface area contributed by atoms with Crippen molar-refractivity contribution in [2.24, 2.45) is 17.8 Å². The van der Waals surface area contributed by atoms with E-state index in [-0.39, 0.29) is 24.3 Å². The maximum atomic E-state index is 13.6. The maximum Gasteiger partial charge on any atom is 0.329 e. The molecule has 29 heavy (non-hydrogen) atoms. The summed E-state index contributed by atoms with van der Waals surface area (Å²) in [5, 5.41) is 0. The molecule has 1 aromatic carbocycles. The zero-order valence-electron chi connectivity index (χ0n) is 16.9. The summed E-state index contributed by atoms with van der Waals surface area (Å²) in [6, 6.07) is 2.95. The summed E-state index contributed by atoms with van der Waals surface area (Å²) in [6.07, 6.45) is 5.14. The van der Waals surface area contributed by atoms with E-state index in [0.717, 1.165) is 4.90 Å². The molecule has 6 nitrogen and oxygen atoms in total. The van der Waals surface area contributed by atoms with Gasteiger partial charge in [-0.3, -0.25) is 14.5 Å². The number of carbonyl (C=O) groups excluding carboxylic acids is 3. The number of likely N-dealkylation sites (tertiary alicyclic amines) is 1. The molecular weight excluding hydrogens is 377 g/mol. The summed E-state index contributed by atoms with van der Waals surface area (Å²) in [4.78, 5) is 39.8. The van der Waals surface area contributed by atoms with Crippen LogP contribution in [-0.2, 0) is 25.7 Å². The molecule has 1 heterocycles. The number of hydrogen-bond donors (Lipinski definition) is 0. The molecule has 156 valence electrons. The number of hydrogen-bond acceptors (Lipinski definition) is 5. The third kappa shape index (κ3) is 4.33. The van der Waals surface area contributed by atoms with Crippen LogP contribution in [0, 0.1) is 23.6 Å². The van der Waals surface area contributed by atoms with Crippen molar-refractivity contribution in [2.45, 2.75) is 45.8 Å². The van der Waals surface area contributed by atoms with Gasteiger partial charge in [0, 0.05) is 5.56 Å². The predicted molar refractivity (Wildman–Crippen MR) is 103 cm³/mol. The molecule has 0 unspecified atom stereocenters. The van der Waals surface area contributed by atoms with Crippen LogP contribution in [0.25, 0.3) is 0 Å². The molecule has 1 saturated heterocycles. The molecule has 2 amide bonds. The Morgan fingerprint density at radius 2 is 1.79 bits per heavy atom. The highest BCUT2D eigenvalue weighted by Crippen LogP contribution is 2.37. The molecule has 1 aliphatic heterocycles. The number of methoxy groups -OCH3 is 1. The first kappa shape index (κ1) is 21.0. The van der Waals surface area contributed by atoms with E-state index < -0.39 is 29.7 Å². The molecule has 1 aromatic rings. The van der Waals surface area contributed by atoms with Crippen molar-refractivity contribution in [1.82, 2.24) is 4.90 Å². The van der Waals surface area contributed by atoms with Crippen molar-refractivity contribution in [2.75, 3.05) is 7.11 Å². The lowest BCUT2D eigenvalue weighted by Crippen LogP contribution is -2.47. The van der Waals surface area contributed by atoms with Crippen LogP contribution in [0.5, 0.6) is 5.75 Å². The fraction of sp³-hybridized carbons (Fsp3) is 0.500. The number of halogens is 1. The lowest BCUT2D eigenvalue weighted by atomic mass is 9.85. The number of allylic oxidation sites excluding steroid dienone is 2. The monoisotopic (exact) mass is 403 g/mol. The molecule has 0 spiro atoms. The second-order valence-corrected chi connectivity index (χ2v) is 7.91. The minimum atomic E-state index is -0.986. The number of rotatable bonds is 7. The fourth-order valence-electron chi connectivity index (χ4n) is 3.99. The average molecular weight is 403 g/mol. The van der Waals surface area contributed by atoms with Gasteiger partial charge in [-0.2, -0.15) is 0 Å². The Hall–Kier alpha value is -2.70. The highest BCUT2D eigenvalue weighted by atomic mass is 19.1. The Labute approximate surface area is 169 Å². The third-order valence-corrected chi connectivity index (χ3v) is 5.43. The van der Waals surface area contributed by atoms with Crippen LogP contribution < -0.4 is 4.74 Å². The molecule has 2 aliphatic rings. The minimum Gasteiger partial charge on any atom is -0.496 e. The van der Waals surface area contributed by atoms with Crippen LogP contribution >= 0.6 is 0 Å². The average Bonchev–Trinajstić information content (AvgIpc) is 2.95. The van der Waals surface area contributed by atoms with Gasteiger partial charge in [0.25, 0.3) is 0 Å². The van der Waals surface area contributed by atoms with Crippen LogP contribution in [-0.4, -0.2) is 35.8 Å². The molecule has 7 heteroatoms. The van der Waals surface area contributed by atoms with E-state index in [0.29, 0.717) is 30.6 Å². The van der Waals surface area contributed by atoms with E-state index in [4.69, 9.17) is 9.47 Å². The Morgan fingerprint density at radius 1 is 1.17 bits per heavy atom. The van der Waals surface area contributed by atoms with E-state index in [2.05, 4.69) is 0 Å². The van der Waals surface area contributed by atoms with Gasteiger partial charge in [0.15, 0.2) is 0 Å². The fourth-order valence-corrected chi connectivity index (χ4v) is 3.99. The van der Waals surface area contributed by atoms with Crippen molar-refractivity contribution in [3.63, 3.8) is 0 Å². The highest BCUT2D eigenvalue weighted by molar-refractivity contribution is 6.08. The first-order valence-electron chi connectivity index (χ1n) is 9.84. The van der Waals surface area contributed by atoms with Crippen LogP contribution in [0.15, 0.2) is 30.4 Å². The Kier molecular flexibility index (Phi) is 6.35. The number of nitrogens with zero attached hydrogens (tertiary/aromatic N) is 1. The van der Waals surface area contributed by atoms with Crippen LogP contribution in [0.1, 0.15) is 38.7 Å². The predicted octanol–water partition coefficient (Wildman–Crippen LogP) is 3.24. The van der Waals surface area contributed by atoms with E-state index in [1.165, 1.54) is 25.3 Å². The van der Waals surface area contributed by atoms with Gasteiger partial charge < -0.3 is 9.47 Å². The zero-order chi connectivity index (χ0) is 21.1. The summed E-state index contributed by atoms with van der Waals surface area (Å²) >= 11 is 0. The number of benzene rings is 1. The summed E-state index contributed by atoms with van der Waals surface area (Å²) in [7, 11) is 1.44. The quantitative estimate of drug-likeness (QED) is 0.397. The minimum absolute atomic E-state index is 0.0672. The second kappa shape index (κ2) is 8.76. The van der Waals surface area contributed by atoms with Crippen LogP contribution in [0.4, 0.5) is 4.39 Å². The van der Waals surface area contributed by atoms with Gasteiger partial charge in [0.1, 0.15) is 24.2 Å². The molecule has 1 fully saturated rings. The van der Waals surface area contributed by atoms with Gasteiger partial charge in [0.2, 0.25) is 11.8 Å².